The Kier molecular flexibility index (Phi) is 5.76. The highest BCUT2D eigenvalue weighted by atomic mass is 32.2. The molecule has 118 valence electrons. The summed E-state index contributed by atoms with van der Waals surface area (Å²) in [5.74, 6) is -1.01. The monoisotopic (exact) mass is 319 g/mol. The van der Waals surface area contributed by atoms with Crippen LogP contribution in [0.3, 0.4) is 0 Å². The predicted molar refractivity (Wildman–Crippen MR) is 75.7 cm³/mol. The molecule has 0 aliphatic carbocycles. The lowest BCUT2D eigenvalue weighted by molar-refractivity contribution is -0.390. The average Bonchev–Trinajstić information content (AvgIpc) is 2.36. The van der Waals surface area contributed by atoms with Crippen molar-refractivity contribution in [3.8, 4) is 0 Å². The molecular formula is C12H18FN3O4S. The van der Waals surface area contributed by atoms with Gasteiger partial charge in [0.25, 0.3) is 0 Å². The van der Waals surface area contributed by atoms with Crippen LogP contribution in [0.5, 0.6) is 0 Å². The van der Waals surface area contributed by atoms with Gasteiger partial charge in [0.15, 0.2) is 4.90 Å². The fourth-order valence-electron chi connectivity index (χ4n) is 1.93. The van der Waals surface area contributed by atoms with Crippen molar-refractivity contribution in [1.29, 1.82) is 0 Å². The summed E-state index contributed by atoms with van der Waals surface area (Å²) in [7, 11) is -4.23. The SMILES string of the molecule is CC(C)CC(CN)NS(=O)(=O)c1cccc(F)c1[N+](=O)[O-]. The summed E-state index contributed by atoms with van der Waals surface area (Å²) in [5.41, 5.74) is 4.43. The van der Waals surface area contributed by atoms with Gasteiger partial charge in [-0.3, -0.25) is 10.1 Å². The van der Waals surface area contributed by atoms with Gasteiger partial charge >= 0.3 is 5.69 Å². The topological polar surface area (TPSA) is 115 Å². The first-order valence-electron chi connectivity index (χ1n) is 6.34. The quantitative estimate of drug-likeness (QED) is 0.582. The van der Waals surface area contributed by atoms with Crippen molar-refractivity contribution in [3.63, 3.8) is 0 Å². The highest BCUT2D eigenvalue weighted by Crippen LogP contribution is 2.26. The van der Waals surface area contributed by atoms with Gasteiger partial charge in [-0.05, 0) is 24.5 Å². The van der Waals surface area contributed by atoms with Gasteiger partial charge in [-0.25, -0.2) is 13.1 Å². The molecule has 0 spiro atoms. The standard InChI is InChI=1S/C12H18FN3O4S/c1-8(2)6-9(7-14)15-21(19,20)11-5-3-4-10(13)12(11)16(17)18/h3-5,8-9,15H,6-7,14H2,1-2H3. The molecular weight excluding hydrogens is 301 g/mol. The number of nitrogens with two attached hydrogens (primary N) is 1. The number of sulfonamides is 1. The van der Waals surface area contributed by atoms with Gasteiger partial charge in [-0.1, -0.05) is 19.9 Å². The Morgan fingerprint density at radius 1 is 1.43 bits per heavy atom. The van der Waals surface area contributed by atoms with Gasteiger partial charge in [0.1, 0.15) is 0 Å². The summed E-state index contributed by atoms with van der Waals surface area (Å²) >= 11 is 0. The summed E-state index contributed by atoms with van der Waals surface area (Å²) in [6.07, 6.45) is 0.471. The van der Waals surface area contributed by atoms with Gasteiger partial charge in [0, 0.05) is 12.6 Å². The third-order valence-electron chi connectivity index (χ3n) is 2.78. The maximum atomic E-state index is 13.5. The molecule has 3 N–H and O–H groups in total. The minimum absolute atomic E-state index is 0.0422. The smallest absolute Gasteiger partial charge is 0.324 e. The maximum absolute atomic E-state index is 13.5. The number of hydrogen-bond acceptors (Lipinski definition) is 5. The number of hydrogen-bond donors (Lipinski definition) is 2. The minimum Gasteiger partial charge on any atom is -0.329 e. The molecule has 1 atom stereocenters. The van der Waals surface area contributed by atoms with E-state index in [9.17, 15) is 22.9 Å². The number of nitrogens with zero attached hydrogens (tertiary/aromatic N) is 1. The molecule has 0 saturated heterocycles. The number of nitrogens with one attached hydrogen (secondary N) is 1. The van der Waals surface area contributed by atoms with Gasteiger partial charge in [-0.2, -0.15) is 4.39 Å². The summed E-state index contributed by atoms with van der Waals surface area (Å²) in [6, 6.07) is 2.37. The van der Waals surface area contributed by atoms with Crippen LogP contribution in [0.25, 0.3) is 0 Å². The van der Waals surface area contributed by atoms with Gasteiger partial charge in [0.2, 0.25) is 15.8 Å². The lowest BCUT2D eigenvalue weighted by Crippen LogP contribution is -2.41. The molecule has 0 aliphatic rings. The highest BCUT2D eigenvalue weighted by Gasteiger charge is 2.30. The van der Waals surface area contributed by atoms with Crippen LogP contribution in [0.4, 0.5) is 10.1 Å². The van der Waals surface area contributed by atoms with Crippen molar-refractivity contribution in [1.82, 2.24) is 4.72 Å². The average molecular weight is 319 g/mol. The zero-order chi connectivity index (χ0) is 16.2. The lowest BCUT2D eigenvalue weighted by Gasteiger charge is -2.18. The van der Waals surface area contributed by atoms with E-state index in [1.54, 1.807) is 0 Å². The summed E-state index contributed by atoms with van der Waals surface area (Å²) in [5, 5.41) is 10.9. The van der Waals surface area contributed by atoms with Crippen LogP contribution in [0, 0.1) is 21.8 Å². The zero-order valence-electron chi connectivity index (χ0n) is 11.7. The van der Waals surface area contributed by atoms with Crippen LogP contribution in [0.1, 0.15) is 20.3 Å². The van der Waals surface area contributed by atoms with Crippen molar-refractivity contribution < 1.29 is 17.7 Å². The minimum atomic E-state index is -4.23. The van der Waals surface area contributed by atoms with E-state index < -0.39 is 37.4 Å². The molecule has 0 bridgehead atoms. The van der Waals surface area contributed by atoms with Crippen LogP contribution in [-0.4, -0.2) is 25.9 Å². The Hall–Kier alpha value is -1.58. The zero-order valence-corrected chi connectivity index (χ0v) is 12.6. The van der Waals surface area contributed by atoms with Gasteiger partial charge in [0.05, 0.1) is 4.92 Å². The fourth-order valence-corrected chi connectivity index (χ4v) is 3.38. The number of benzene rings is 1. The molecule has 1 aromatic rings. The first kappa shape index (κ1) is 17.5. The Labute approximate surface area is 122 Å². The van der Waals surface area contributed by atoms with Gasteiger partial charge < -0.3 is 5.73 Å². The third kappa shape index (κ3) is 4.45. The molecule has 1 aromatic carbocycles. The second-order valence-corrected chi connectivity index (χ2v) is 6.71. The van der Waals surface area contributed by atoms with Crippen molar-refractivity contribution in [2.24, 2.45) is 11.7 Å². The lowest BCUT2D eigenvalue weighted by atomic mass is 10.1. The second-order valence-electron chi connectivity index (χ2n) is 5.03. The Bertz CT molecular complexity index is 619. The summed E-state index contributed by atoms with van der Waals surface area (Å²) in [6.45, 7) is 3.82. The van der Waals surface area contributed by atoms with E-state index in [4.69, 9.17) is 5.73 Å². The largest absolute Gasteiger partial charge is 0.329 e. The molecule has 9 heteroatoms. The number of para-hydroxylation sites is 1. The molecule has 0 aliphatic heterocycles. The molecule has 1 unspecified atom stereocenters. The van der Waals surface area contributed by atoms with E-state index in [-0.39, 0.29) is 12.5 Å². The van der Waals surface area contributed by atoms with Crippen molar-refractivity contribution >= 4 is 15.7 Å². The van der Waals surface area contributed by atoms with Crippen molar-refractivity contribution in [3.05, 3.63) is 34.1 Å². The molecule has 0 heterocycles. The molecule has 0 amide bonds. The normalized spacial score (nSPS) is 13.4. The molecule has 0 fully saturated rings. The van der Waals surface area contributed by atoms with E-state index >= 15 is 0 Å². The van der Waals surface area contributed by atoms with Crippen LogP contribution < -0.4 is 10.5 Å². The molecule has 21 heavy (non-hydrogen) atoms. The third-order valence-corrected chi connectivity index (χ3v) is 4.34. The van der Waals surface area contributed by atoms with E-state index in [0.29, 0.717) is 6.42 Å². The Morgan fingerprint density at radius 2 is 2.05 bits per heavy atom. The van der Waals surface area contributed by atoms with Crippen molar-refractivity contribution in [2.75, 3.05) is 6.54 Å². The molecule has 0 saturated carbocycles. The second kappa shape index (κ2) is 6.92. The van der Waals surface area contributed by atoms with Crippen LogP contribution in [0.15, 0.2) is 23.1 Å². The molecule has 7 nitrogen and oxygen atoms in total. The van der Waals surface area contributed by atoms with Gasteiger partial charge in [-0.15, -0.1) is 0 Å². The number of nitro groups is 1. The van der Waals surface area contributed by atoms with Crippen LogP contribution in [-0.2, 0) is 10.0 Å². The first-order chi connectivity index (χ1) is 9.69. The predicted octanol–water partition coefficient (Wildman–Crippen LogP) is 1.39. The molecule has 0 radical (unpaired) electrons. The van der Waals surface area contributed by atoms with E-state index in [2.05, 4.69) is 4.72 Å². The summed E-state index contributed by atoms with van der Waals surface area (Å²) < 4.78 is 40.2. The Balaban J connectivity index is 3.20. The van der Waals surface area contributed by atoms with E-state index in [1.165, 1.54) is 0 Å². The number of halogens is 1. The fraction of sp³-hybridized carbons (Fsp3) is 0.500. The number of rotatable bonds is 7. The first-order valence-corrected chi connectivity index (χ1v) is 7.82. The highest BCUT2D eigenvalue weighted by molar-refractivity contribution is 7.89. The molecule has 1 rings (SSSR count). The van der Waals surface area contributed by atoms with Crippen LogP contribution in [0.2, 0.25) is 0 Å². The summed E-state index contributed by atoms with van der Waals surface area (Å²) in [4.78, 5) is 9.12. The van der Waals surface area contributed by atoms with E-state index in [0.717, 1.165) is 18.2 Å². The van der Waals surface area contributed by atoms with E-state index in [1.807, 2.05) is 13.8 Å². The number of nitro benzene ring substituents is 1. The molecule has 0 aromatic heterocycles. The maximum Gasteiger partial charge on any atom is 0.324 e. The Morgan fingerprint density at radius 3 is 2.52 bits per heavy atom. The van der Waals surface area contributed by atoms with Crippen LogP contribution >= 0.6 is 0 Å². The van der Waals surface area contributed by atoms with Crippen molar-refractivity contribution in [2.45, 2.75) is 31.2 Å².